The topological polar surface area (TPSA) is 14.8 Å². The Kier molecular flexibility index (Phi) is 6.08. The summed E-state index contributed by atoms with van der Waals surface area (Å²) in [6.45, 7) is 0. The highest BCUT2D eigenvalue weighted by molar-refractivity contribution is 6.12. The van der Waals surface area contributed by atoms with E-state index in [0.29, 0.717) is 5.92 Å². The summed E-state index contributed by atoms with van der Waals surface area (Å²) >= 11 is 0. The molecule has 1 unspecified atom stereocenters. The van der Waals surface area contributed by atoms with Crippen LogP contribution >= 0.6 is 0 Å². The summed E-state index contributed by atoms with van der Waals surface area (Å²) in [7, 11) is 0. The number of aromatic nitrogens is 3. The second-order valence-corrected chi connectivity index (χ2v) is 13.7. The Hall–Kier alpha value is -6.58. The maximum Gasteiger partial charge on any atom is 0.0542 e. The van der Waals surface area contributed by atoms with Crippen molar-refractivity contribution in [1.29, 1.82) is 0 Å². The van der Waals surface area contributed by atoms with Gasteiger partial charge in [0, 0.05) is 55.6 Å². The Labute approximate surface area is 295 Å². The van der Waals surface area contributed by atoms with Crippen LogP contribution in [0.1, 0.15) is 22.7 Å². The minimum absolute atomic E-state index is 0.291. The van der Waals surface area contributed by atoms with Gasteiger partial charge in [-0.2, -0.15) is 0 Å². The smallest absolute Gasteiger partial charge is 0.0542 e. The summed E-state index contributed by atoms with van der Waals surface area (Å²) in [5.41, 5.74) is 13.8. The predicted octanol–water partition coefficient (Wildman–Crippen LogP) is 12.2. The van der Waals surface area contributed by atoms with Crippen LogP contribution in [-0.4, -0.2) is 13.7 Å². The SMILES string of the molecule is C1=CC(c2ccc3c(c2)c2ccccc2n3-c2ccc3c(c2)c2ccccc2n3-c2ccccc2)Cc2c1n(-c1ccccc1)c1ccccc21. The lowest BCUT2D eigenvalue weighted by Gasteiger charge is -2.20. The maximum absolute atomic E-state index is 2.45. The average Bonchev–Trinajstić information content (AvgIpc) is 3.83. The number of allylic oxidation sites excluding steroid dienone is 1. The molecule has 0 aliphatic heterocycles. The molecule has 11 rings (SSSR count). The number of para-hydroxylation sites is 5. The second-order valence-electron chi connectivity index (χ2n) is 13.7. The van der Waals surface area contributed by atoms with Gasteiger partial charge in [-0.25, -0.2) is 0 Å². The normalized spacial score (nSPS) is 14.3. The van der Waals surface area contributed by atoms with Crippen LogP contribution in [-0.2, 0) is 6.42 Å². The molecule has 0 radical (unpaired) electrons. The molecule has 0 saturated carbocycles. The fourth-order valence-corrected chi connectivity index (χ4v) is 8.75. The van der Waals surface area contributed by atoms with Crippen LogP contribution in [0.15, 0.2) is 176 Å². The van der Waals surface area contributed by atoms with Crippen LogP contribution in [0.25, 0.3) is 77.7 Å². The fourth-order valence-electron chi connectivity index (χ4n) is 8.75. The lowest BCUT2D eigenvalue weighted by molar-refractivity contribution is 0.826. The summed E-state index contributed by atoms with van der Waals surface area (Å²) in [5, 5.41) is 6.43. The van der Waals surface area contributed by atoms with Gasteiger partial charge in [0.25, 0.3) is 0 Å². The Morgan fingerprint density at radius 3 is 1.53 bits per heavy atom. The molecular weight excluding hydrogens is 619 g/mol. The highest BCUT2D eigenvalue weighted by Crippen LogP contribution is 2.41. The van der Waals surface area contributed by atoms with Gasteiger partial charge >= 0.3 is 0 Å². The van der Waals surface area contributed by atoms with E-state index in [4.69, 9.17) is 0 Å². The Bertz CT molecular complexity index is 2990. The van der Waals surface area contributed by atoms with Gasteiger partial charge in [0.2, 0.25) is 0 Å². The first-order valence-corrected chi connectivity index (χ1v) is 17.8. The first kappa shape index (κ1) is 28.3. The van der Waals surface area contributed by atoms with E-state index >= 15 is 0 Å². The highest BCUT2D eigenvalue weighted by Gasteiger charge is 2.24. The van der Waals surface area contributed by atoms with Crippen molar-refractivity contribution in [3.05, 3.63) is 193 Å². The Morgan fingerprint density at radius 2 is 0.863 bits per heavy atom. The standard InChI is InChI=1S/C48H33N3/c1-3-13-34(14-4-1)49-43-20-10-7-17-37(43)40-29-32(23-26-46(40)49)33-24-27-47-41(30-33)38-18-8-12-22-45(38)51(47)36-25-28-48-42(31-36)39-19-9-11-21-44(39)50(48)35-15-5-2-6-16-35/h1-28,30-32H,29H2. The lowest BCUT2D eigenvalue weighted by Crippen LogP contribution is -2.07. The lowest BCUT2D eigenvalue weighted by atomic mass is 9.86. The molecular formula is C48H33N3. The molecule has 51 heavy (non-hydrogen) atoms. The summed E-state index contributed by atoms with van der Waals surface area (Å²) in [4.78, 5) is 0. The van der Waals surface area contributed by atoms with Crippen molar-refractivity contribution in [2.24, 2.45) is 0 Å². The molecule has 0 spiro atoms. The quantitative estimate of drug-likeness (QED) is 0.180. The number of benzene rings is 7. The third-order valence-corrected chi connectivity index (χ3v) is 11.0. The van der Waals surface area contributed by atoms with Gasteiger partial charge in [-0.05, 0) is 96.4 Å². The Balaban J connectivity index is 1.05. The van der Waals surface area contributed by atoms with Gasteiger partial charge in [0.1, 0.15) is 0 Å². The van der Waals surface area contributed by atoms with Gasteiger partial charge in [-0.15, -0.1) is 0 Å². The molecule has 1 atom stereocenters. The molecule has 0 saturated heterocycles. The Morgan fingerprint density at radius 1 is 0.373 bits per heavy atom. The summed E-state index contributed by atoms with van der Waals surface area (Å²) < 4.78 is 7.25. The maximum atomic E-state index is 2.45. The van der Waals surface area contributed by atoms with Crippen LogP contribution in [0, 0.1) is 0 Å². The zero-order chi connectivity index (χ0) is 33.5. The van der Waals surface area contributed by atoms with Gasteiger partial charge < -0.3 is 13.7 Å². The molecule has 0 amide bonds. The molecule has 3 heterocycles. The molecule has 3 heteroatoms. The molecule has 1 aliphatic carbocycles. The minimum Gasteiger partial charge on any atom is -0.310 e. The van der Waals surface area contributed by atoms with Crippen LogP contribution in [0.2, 0.25) is 0 Å². The third-order valence-electron chi connectivity index (χ3n) is 11.0. The minimum atomic E-state index is 0.291. The van der Waals surface area contributed by atoms with Gasteiger partial charge in [-0.1, -0.05) is 103 Å². The number of fused-ring (bicyclic) bond motifs is 9. The summed E-state index contributed by atoms with van der Waals surface area (Å²) in [6, 6.07) is 62.0. The van der Waals surface area contributed by atoms with Crippen molar-refractivity contribution in [2.75, 3.05) is 0 Å². The zero-order valence-corrected chi connectivity index (χ0v) is 27.9. The molecule has 0 bridgehead atoms. The van der Waals surface area contributed by atoms with E-state index in [-0.39, 0.29) is 0 Å². The van der Waals surface area contributed by atoms with Crippen LogP contribution < -0.4 is 0 Å². The zero-order valence-electron chi connectivity index (χ0n) is 27.9. The van der Waals surface area contributed by atoms with Crippen molar-refractivity contribution in [3.63, 3.8) is 0 Å². The van der Waals surface area contributed by atoms with Crippen molar-refractivity contribution >= 4 is 60.6 Å². The van der Waals surface area contributed by atoms with E-state index < -0.39 is 0 Å². The largest absolute Gasteiger partial charge is 0.310 e. The van der Waals surface area contributed by atoms with Crippen LogP contribution in [0.5, 0.6) is 0 Å². The van der Waals surface area contributed by atoms with E-state index in [1.165, 1.54) is 88.4 Å². The second kappa shape index (κ2) is 11.0. The molecule has 240 valence electrons. The first-order chi connectivity index (χ1) is 25.3. The van der Waals surface area contributed by atoms with E-state index in [2.05, 4.69) is 196 Å². The monoisotopic (exact) mass is 651 g/mol. The molecule has 0 N–H and O–H groups in total. The van der Waals surface area contributed by atoms with Crippen molar-refractivity contribution in [3.8, 4) is 17.1 Å². The van der Waals surface area contributed by atoms with Gasteiger partial charge in [-0.3, -0.25) is 0 Å². The summed E-state index contributed by atoms with van der Waals surface area (Å²) in [6.07, 6.45) is 5.74. The average molecular weight is 652 g/mol. The molecule has 1 aliphatic rings. The van der Waals surface area contributed by atoms with E-state index in [1.54, 1.807) is 0 Å². The number of rotatable bonds is 4. The molecule has 0 fully saturated rings. The van der Waals surface area contributed by atoms with E-state index in [1.807, 2.05) is 0 Å². The molecule has 7 aromatic carbocycles. The van der Waals surface area contributed by atoms with Gasteiger partial charge in [0.05, 0.1) is 27.6 Å². The molecule has 10 aromatic rings. The van der Waals surface area contributed by atoms with Crippen molar-refractivity contribution in [2.45, 2.75) is 12.3 Å². The van der Waals surface area contributed by atoms with Crippen molar-refractivity contribution in [1.82, 2.24) is 13.7 Å². The van der Waals surface area contributed by atoms with Crippen LogP contribution in [0.3, 0.4) is 0 Å². The van der Waals surface area contributed by atoms with Crippen LogP contribution in [0.4, 0.5) is 0 Å². The first-order valence-electron chi connectivity index (χ1n) is 17.8. The number of nitrogens with zero attached hydrogens (tertiary/aromatic N) is 3. The molecule has 3 nitrogen and oxygen atoms in total. The third kappa shape index (κ3) is 4.18. The fraction of sp³-hybridized carbons (Fsp3) is 0.0417. The van der Waals surface area contributed by atoms with Gasteiger partial charge in [0.15, 0.2) is 0 Å². The molecule has 3 aromatic heterocycles. The van der Waals surface area contributed by atoms with E-state index in [9.17, 15) is 0 Å². The summed E-state index contributed by atoms with van der Waals surface area (Å²) in [5.74, 6) is 0.291. The number of hydrogen-bond acceptors (Lipinski definition) is 0. The highest BCUT2D eigenvalue weighted by atomic mass is 15.0. The predicted molar refractivity (Wildman–Crippen MR) is 214 cm³/mol. The van der Waals surface area contributed by atoms with E-state index in [0.717, 1.165) is 6.42 Å². The number of hydrogen-bond donors (Lipinski definition) is 0. The van der Waals surface area contributed by atoms with Crippen molar-refractivity contribution < 1.29 is 0 Å².